The van der Waals surface area contributed by atoms with Gasteiger partial charge in [-0.2, -0.15) is 0 Å². The van der Waals surface area contributed by atoms with Crippen molar-refractivity contribution in [2.24, 2.45) is 5.92 Å². The summed E-state index contributed by atoms with van der Waals surface area (Å²) in [5, 5.41) is 10.9. The second kappa shape index (κ2) is 6.24. The Morgan fingerprint density at radius 1 is 1.48 bits per heavy atom. The molecule has 118 valence electrons. The van der Waals surface area contributed by atoms with E-state index in [2.05, 4.69) is 11.6 Å². The van der Waals surface area contributed by atoms with Crippen molar-refractivity contribution in [2.75, 3.05) is 6.54 Å². The second-order valence-corrected chi connectivity index (χ2v) is 8.33. The van der Waals surface area contributed by atoms with Crippen molar-refractivity contribution in [1.29, 1.82) is 0 Å². The Bertz CT molecular complexity index is 617. The van der Waals surface area contributed by atoms with E-state index in [-0.39, 0.29) is 11.4 Å². The van der Waals surface area contributed by atoms with Crippen LogP contribution in [0.5, 0.6) is 0 Å². The summed E-state index contributed by atoms with van der Waals surface area (Å²) in [5.41, 5.74) is -0.312. The Hall–Kier alpha value is -0.620. The molecule has 1 aromatic carbocycles. The van der Waals surface area contributed by atoms with Crippen LogP contribution >= 0.6 is 11.6 Å². The van der Waals surface area contributed by atoms with Gasteiger partial charge in [0.25, 0.3) is 0 Å². The van der Waals surface area contributed by atoms with Gasteiger partial charge in [-0.25, -0.2) is 13.1 Å². The molecule has 4 nitrogen and oxygen atoms in total. The highest BCUT2D eigenvalue weighted by molar-refractivity contribution is 7.89. The number of hydrogen-bond acceptors (Lipinski definition) is 3. The Kier molecular flexibility index (Phi) is 4.98. The lowest BCUT2D eigenvalue weighted by atomic mass is 9.79. The molecule has 0 bridgehead atoms. The predicted octanol–water partition coefficient (Wildman–Crippen LogP) is 2.87. The van der Waals surface area contributed by atoms with Gasteiger partial charge in [-0.1, -0.05) is 37.4 Å². The first-order valence-corrected chi connectivity index (χ1v) is 9.06. The molecule has 21 heavy (non-hydrogen) atoms. The molecule has 1 aliphatic rings. The van der Waals surface area contributed by atoms with Crippen LogP contribution in [0.15, 0.2) is 23.1 Å². The van der Waals surface area contributed by atoms with Gasteiger partial charge in [-0.15, -0.1) is 0 Å². The molecule has 0 aliphatic heterocycles. The molecule has 1 fully saturated rings. The number of aryl methyl sites for hydroxylation is 1. The third kappa shape index (κ3) is 4.19. The molecule has 0 spiro atoms. The first-order valence-electron chi connectivity index (χ1n) is 7.20. The number of benzene rings is 1. The molecule has 0 amide bonds. The molecule has 0 radical (unpaired) electrons. The SMILES string of the molecule is Cc1ccc(Cl)cc1S(=O)(=O)NCC1(O)CCCC(C)C1. The molecule has 1 aromatic rings. The quantitative estimate of drug-likeness (QED) is 0.891. The van der Waals surface area contributed by atoms with E-state index in [0.29, 0.717) is 29.3 Å². The minimum Gasteiger partial charge on any atom is -0.389 e. The van der Waals surface area contributed by atoms with Crippen molar-refractivity contribution >= 4 is 21.6 Å². The number of halogens is 1. The summed E-state index contributed by atoms with van der Waals surface area (Å²) >= 11 is 5.88. The van der Waals surface area contributed by atoms with Crippen molar-refractivity contribution in [3.05, 3.63) is 28.8 Å². The van der Waals surface area contributed by atoms with Gasteiger partial charge in [-0.05, 0) is 43.4 Å². The molecule has 2 rings (SSSR count). The summed E-state index contributed by atoms with van der Waals surface area (Å²) in [6, 6.07) is 4.77. The maximum absolute atomic E-state index is 12.4. The Balaban J connectivity index is 2.13. The minimum atomic E-state index is -3.66. The van der Waals surface area contributed by atoms with Crippen LogP contribution in [0.4, 0.5) is 0 Å². The van der Waals surface area contributed by atoms with Crippen molar-refractivity contribution in [3.8, 4) is 0 Å². The highest BCUT2D eigenvalue weighted by Gasteiger charge is 2.34. The van der Waals surface area contributed by atoms with E-state index in [0.717, 1.165) is 12.8 Å². The highest BCUT2D eigenvalue weighted by Crippen LogP contribution is 2.32. The molecule has 1 saturated carbocycles. The van der Waals surface area contributed by atoms with E-state index in [1.807, 2.05) is 0 Å². The molecule has 2 unspecified atom stereocenters. The zero-order chi connectivity index (χ0) is 15.7. The first-order chi connectivity index (χ1) is 9.72. The maximum Gasteiger partial charge on any atom is 0.240 e. The van der Waals surface area contributed by atoms with Crippen LogP contribution in [-0.2, 0) is 10.0 Å². The van der Waals surface area contributed by atoms with Gasteiger partial charge in [0, 0.05) is 11.6 Å². The monoisotopic (exact) mass is 331 g/mol. The third-order valence-electron chi connectivity index (χ3n) is 4.10. The van der Waals surface area contributed by atoms with Gasteiger partial charge in [0.2, 0.25) is 10.0 Å². The second-order valence-electron chi connectivity index (χ2n) is 6.16. The first kappa shape index (κ1) is 16.7. The van der Waals surface area contributed by atoms with Crippen molar-refractivity contribution in [2.45, 2.75) is 50.0 Å². The van der Waals surface area contributed by atoms with Crippen LogP contribution < -0.4 is 4.72 Å². The number of sulfonamides is 1. The number of rotatable bonds is 4. The average molecular weight is 332 g/mol. The fourth-order valence-corrected chi connectivity index (χ4v) is 4.59. The summed E-state index contributed by atoms with van der Waals surface area (Å²) in [7, 11) is -3.66. The van der Waals surface area contributed by atoms with Crippen molar-refractivity contribution < 1.29 is 13.5 Å². The van der Waals surface area contributed by atoms with Crippen LogP contribution in [0, 0.1) is 12.8 Å². The van der Waals surface area contributed by atoms with Gasteiger partial charge in [0.1, 0.15) is 0 Å². The minimum absolute atomic E-state index is 0.0472. The van der Waals surface area contributed by atoms with E-state index in [9.17, 15) is 13.5 Å². The normalized spacial score (nSPS) is 26.8. The molecule has 2 N–H and O–H groups in total. The number of aliphatic hydroxyl groups is 1. The largest absolute Gasteiger partial charge is 0.389 e. The summed E-state index contributed by atoms with van der Waals surface area (Å²) in [5.74, 6) is 0.418. The molecular weight excluding hydrogens is 310 g/mol. The van der Waals surface area contributed by atoms with Gasteiger partial charge >= 0.3 is 0 Å². The van der Waals surface area contributed by atoms with Crippen molar-refractivity contribution in [1.82, 2.24) is 4.72 Å². The lowest BCUT2D eigenvalue weighted by Gasteiger charge is -2.35. The Morgan fingerprint density at radius 2 is 2.19 bits per heavy atom. The molecule has 0 saturated heterocycles. The molecule has 6 heteroatoms. The van der Waals surface area contributed by atoms with Crippen molar-refractivity contribution in [3.63, 3.8) is 0 Å². The molecule has 0 heterocycles. The fraction of sp³-hybridized carbons (Fsp3) is 0.600. The maximum atomic E-state index is 12.4. The van der Waals surface area contributed by atoms with E-state index in [1.165, 1.54) is 6.07 Å². The highest BCUT2D eigenvalue weighted by atomic mass is 35.5. The Morgan fingerprint density at radius 3 is 2.86 bits per heavy atom. The Labute approximate surface area is 131 Å². The average Bonchev–Trinajstić information content (AvgIpc) is 2.39. The number of hydrogen-bond donors (Lipinski definition) is 2. The predicted molar refractivity (Wildman–Crippen MR) is 84.0 cm³/mol. The van der Waals surface area contributed by atoms with Gasteiger partial charge in [0.05, 0.1) is 10.5 Å². The van der Waals surface area contributed by atoms with Crippen LogP contribution in [0.25, 0.3) is 0 Å². The van der Waals surface area contributed by atoms with Gasteiger partial charge < -0.3 is 5.11 Å². The van der Waals surface area contributed by atoms with E-state index in [4.69, 9.17) is 11.6 Å². The topological polar surface area (TPSA) is 66.4 Å². The lowest BCUT2D eigenvalue weighted by Crippen LogP contribution is -2.45. The number of nitrogens with one attached hydrogen (secondary N) is 1. The summed E-state index contributed by atoms with van der Waals surface area (Å²) in [6.07, 6.45) is 3.27. The van der Waals surface area contributed by atoms with Gasteiger partial charge in [0.15, 0.2) is 0 Å². The zero-order valence-electron chi connectivity index (χ0n) is 12.4. The summed E-state index contributed by atoms with van der Waals surface area (Å²) < 4.78 is 27.3. The van der Waals surface area contributed by atoms with Gasteiger partial charge in [-0.3, -0.25) is 0 Å². The van der Waals surface area contributed by atoms with Crippen LogP contribution in [0.1, 0.15) is 38.2 Å². The van der Waals surface area contributed by atoms with Crippen LogP contribution in [0.2, 0.25) is 5.02 Å². The lowest BCUT2D eigenvalue weighted by molar-refractivity contribution is -0.00751. The standard InChI is InChI=1S/C15H22ClNO3S/c1-11-4-3-7-15(18,9-11)10-17-21(19,20)14-8-13(16)6-5-12(14)2/h5-6,8,11,17-18H,3-4,7,9-10H2,1-2H3. The zero-order valence-corrected chi connectivity index (χ0v) is 14.0. The van der Waals surface area contributed by atoms with Crippen LogP contribution in [0.3, 0.4) is 0 Å². The smallest absolute Gasteiger partial charge is 0.240 e. The molecular formula is C15H22ClNO3S. The fourth-order valence-electron chi connectivity index (χ4n) is 2.96. The molecule has 1 aliphatic carbocycles. The molecule has 0 aromatic heterocycles. The van der Waals surface area contributed by atoms with Crippen LogP contribution in [-0.4, -0.2) is 25.7 Å². The molecule has 2 atom stereocenters. The van der Waals surface area contributed by atoms with E-state index < -0.39 is 15.6 Å². The van der Waals surface area contributed by atoms with E-state index >= 15 is 0 Å². The third-order valence-corrected chi connectivity index (χ3v) is 5.88. The van der Waals surface area contributed by atoms with E-state index in [1.54, 1.807) is 19.1 Å². The summed E-state index contributed by atoms with van der Waals surface area (Å²) in [6.45, 7) is 3.85. The summed E-state index contributed by atoms with van der Waals surface area (Å²) in [4.78, 5) is 0.169.